The summed E-state index contributed by atoms with van der Waals surface area (Å²) in [5.74, 6) is -3.61. The Hall–Kier alpha value is -3.70. The number of alkyl halides is 2. The van der Waals surface area contributed by atoms with Crippen molar-refractivity contribution in [3.63, 3.8) is 0 Å². The van der Waals surface area contributed by atoms with Crippen molar-refractivity contribution in [1.29, 1.82) is 0 Å². The van der Waals surface area contributed by atoms with Crippen molar-refractivity contribution in [3.05, 3.63) is 41.7 Å². The maximum Gasteiger partial charge on any atom is 0.248 e. The summed E-state index contributed by atoms with van der Waals surface area (Å²) in [7, 11) is 0. The Labute approximate surface area is 204 Å². The van der Waals surface area contributed by atoms with Crippen molar-refractivity contribution in [1.82, 2.24) is 24.8 Å². The van der Waals surface area contributed by atoms with Gasteiger partial charge in [0.2, 0.25) is 17.8 Å². The summed E-state index contributed by atoms with van der Waals surface area (Å²) in [4.78, 5) is 41.9. The number of carbonyl (C=O) groups excluding carboxylic acids is 2. The first-order valence-electron chi connectivity index (χ1n) is 11.9. The number of amides is 1. The van der Waals surface area contributed by atoms with Gasteiger partial charge >= 0.3 is 0 Å². The van der Waals surface area contributed by atoms with Crippen LogP contribution in [0.5, 0.6) is 0 Å². The number of fused-ring (bicyclic) bond motifs is 1. The minimum Gasteiger partial charge on any atom is -0.367 e. The first-order valence-corrected chi connectivity index (χ1v) is 11.9. The Bertz CT molecular complexity index is 1300. The highest BCUT2D eigenvalue weighted by molar-refractivity contribution is 6.18. The number of hydrogen-bond acceptors (Lipinski definition) is 7. The summed E-state index contributed by atoms with van der Waals surface area (Å²) in [5.41, 5.74) is 0.374. The minimum absolute atomic E-state index is 0.00742. The maximum atomic E-state index is 14.9. The van der Waals surface area contributed by atoms with Crippen LogP contribution in [-0.2, 0) is 4.79 Å². The van der Waals surface area contributed by atoms with E-state index in [0.29, 0.717) is 29.9 Å². The van der Waals surface area contributed by atoms with Gasteiger partial charge in [-0.15, -0.1) is 0 Å². The Kier molecular flexibility index (Phi) is 6.27. The predicted octanol–water partition coefficient (Wildman–Crippen LogP) is 3.75. The molecule has 1 atom stereocenters. The number of aromatic nitrogens is 4. The highest BCUT2D eigenvalue weighted by Crippen LogP contribution is 2.34. The quantitative estimate of drug-likeness (QED) is 0.348. The van der Waals surface area contributed by atoms with E-state index in [4.69, 9.17) is 0 Å². The third-order valence-electron chi connectivity index (χ3n) is 6.85. The molecule has 1 unspecified atom stereocenters. The summed E-state index contributed by atoms with van der Waals surface area (Å²) < 4.78 is 41.7. The number of pyridine rings is 1. The average Bonchev–Trinajstić information content (AvgIpc) is 3.48. The number of likely N-dealkylation sites (tertiary alicyclic amines) is 1. The average molecular weight is 502 g/mol. The van der Waals surface area contributed by atoms with E-state index in [0.717, 1.165) is 6.42 Å². The molecule has 2 aliphatic rings. The van der Waals surface area contributed by atoms with Gasteiger partial charge in [-0.05, 0) is 31.4 Å². The van der Waals surface area contributed by atoms with Gasteiger partial charge in [-0.25, -0.2) is 23.7 Å². The molecule has 0 radical (unpaired) electrons. The molecule has 1 aliphatic heterocycles. The summed E-state index contributed by atoms with van der Waals surface area (Å²) in [6.45, 7) is 2.66. The molecule has 1 amide bonds. The molecule has 1 saturated carbocycles. The van der Waals surface area contributed by atoms with Crippen molar-refractivity contribution in [2.75, 3.05) is 23.7 Å². The SMILES string of the molecule is CC(=O)N1CCC(Nc2ncnc3[nH]cc(C(=O)c4ccc(NC5CCC(F)(F)CC5)nc4F)c23)C1. The number of carbonyl (C=O) groups is 2. The van der Waals surface area contributed by atoms with Gasteiger partial charge < -0.3 is 20.5 Å². The fraction of sp³-hybridized carbons (Fsp3) is 0.458. The van der Waals surface area contributed by atoms with Gasteiger partial charge in [-0.3, -0.25) is 9.59 Å². The summed E-state index contributed by atoms with van der Waals surface area (Å²) in [5, 5.41) is 6.70. The fourth-order valence-electron chi connectivity index (χ4n) is 4.83. The van der Waals surface area contributed by atoms with E-state index in [1.54, 1.807) is 4.90 Å². The van der Waals surface area contributed by atoms with Gasteiger partial charge in [0.25, 0.3) is 0 Å². The van der Waals surface area contributed by atoms with Gasteiger partial charge in [0.05, 0.1) is 16.5 Å². The van der Waals surface area contributed by atoms with Gasteiger partial charge in [-0.2, -0.15) is 4.39 Å². The van der Waals surface area contributed by atoms with E-state index in [-0.39, 0.29) is 60.6 Å². The van der Waals surface area contributed by atoms with E-state index in [1.807, 2.05) is 0 Å². The zero-order valence-corrected chi connectivity index (χ0v) is 19.7. The lowest BCUT2D eigenvalue weighted by Crippen LogP contribution is -2.32. The molecule has 36 heavy (non-hydrogen) atoms. The number of H-pyrrole nitrogens is 1. The molecule has 0 spiro atoms. The van der Waals surface area contributed by atoms with Crippen molar-refractivity contribution in [2.45, 2.75) is 57.0 Å². The third-order valence-corrected chi connectivity index (χ3v) is 6.85. The van der Waals surface area contributed by atoms with E-state index < -0.39 is 17.7 Å². The highest BCUT2D eigenvalue weighted by Gasteiger charge is 2.35. The van der Waals surface area contributed by atoms with Crippen LogP contribution >= 0.6 is 0 Å². The van der Waals surface area contributed by atoms with Crippen molar-refractivity contribution in [3.8, 4) is 0 Å². The Morgan fingerprint density at radius 1 is 1.08 bits per heavy atom. The molecule has 0 bridgehead atoms. The first kappa shape index (κ1) is 24.0. The second kappa shape index (κ2) is 9.40. The van der Waals surface area contributed by atoms with Crippen molar-refractivity contribution < 1.29 is 22.8 Å². The lowest BCUT2D eigenvalue weighted by molar-refractivity contribution is -0.127. The maximum absolute atomic E-state index is 14.9. The second-order valence-corrected chi connectivity index (χ2v) is 9.38. The number of rotatable bonds is 6. The number of ketones is 1. The molecular formula is C24H26F3N7O2. The fourth-order valence-corrected chi connectivity index (χ4v) is 4.83. The summed E-state index contributed by atoms with van der Waals surface area (Å²) >= 11 is 0. The van der Waals surface area contributed by atoms with Crippen LogP contribution in [0.3, 0.4) is 0 Å². The largest absolute Gasteiger partial charge is 0.367 e. The molecule has 190 valence electrons. The van der Waals surface area contributed by atoms with Crippen LogP contribution in [-0.4, -0.2) is 67.6 Å². The standard InChI is InChI=1S/C24H26F3N7O2/c1-13(35)34-9-6-15(11-34)32-23-19-17(10-28-22(19)29-12-30-23)20(36)16-2-3-18(33-21(16)25)31-14-4-7-24(26,27)8-5-14/h2-3,10,12,14-15H,4-9,11H2,1H3,(H,31,33)(H2,28,29,30,32). The second-order valence-electron chi connectivity index (χ2n) is 9.38. The molecule has 3 N–H and O–H groups in total. The lowest BCUT2D eigenvalue weighted by atomic mass is 9.92. The molecule has 5 rings (SSSR count). The summed E-state index contributed by atoms with van der Waals surface area (Å²) in [6, 6.07) is 2.53. The Morgan fingerprint density at radius 3 is 2.56 bits per heavy atom. The number of hydrogen-bond donors (Lipinski definition) is 3. The molecule has 4 heterocycles. The van der Waals surface area contributed by atoms with E-state index >= 15 is 0 Å². The molecular weight excluding hydrogens is 475 g/mol. The lowest BCUT2D eigenvalue weighted by Gasteiger charge is -2.29. The van der Waals surface area contributed by atoms with Crippen LogP contribution in [0.4, 0.5) is 24.8 Å². The number of anilines is 2. The number of halogens is 3. The summed E-state index contributed by atoms with van der Waals surface area (Å²) in [6.07, 6.45) is 3.60. The monoisotopic (exact) mass is 501 g/mol. The number of aromatic amines is 1. The highest BCUT2D eigenvalue weighted by atomic mass is 19.3. The third kappa shape index (κ3) is 4.84. The molecule has 12 heteroatoms. The van der Waals surface area contributed by atoms with Crippen LogP contribution < -0.4 is 10.6 Å². The van der Waals surface area contributed by atoms with Crippen molar-refractivity contribution in [2.24, 2.45) is 0 Å². The predicted molar refractivity (Wildman–Crippen MR) is 127 cm³/mol. The Balaban J connectivity index is 1.35. The normalized spacial score (nSPS) is 20.0. The van der Waals surface area contributed by atoms with Gasteiger partial charge in [0.15, 0.2) is 5.78 Å². The zero-order valence-electron chi connectivity index (χ0n) is 19.7. The van der Waals surface area contributed by atoms with Gasteiger partial charge in [0.1, 0.15) is 23.6 Å². The molecule has 1 aliphatic carbocycles. The van der Waals surface area contributed by atoms with E-state index in [1.165, 1.54) is 31.6 Å². The van der Waals surface area contributed by atoms with Crippen LogP contribution in [0.25, 0.3) is 11.0 Å². The van der Waals surface area contributed by atoms with E-state index in [9.17, 15) is 22.8 Å². The topological polar surface area (TPSA) is 116 Å². The van der Waals surface area contributed by atoms with Gasteiger partial charge in [0, 0.05) is 51.1 Å². The van der Waals surface area contributed by atoms with Crippen molar-refractivity contribution >= 4 is 34.4 Å². The molecule has 2 fully saturated rings. The minimum atomic E-state index is -2.66. The number of nitrogens with one attached hydrogen (secondary N) is 3. The molecule has 3 aromatic heterocycles. The molecule has 1 saturated heterocycles. The first-order chi connectivity index (χ1) is 17.2. The van der Waals surface area contributed by atoms with Crippen LogP contribution in [0, 0.1) is 5.95 Å². The van der Waals surface area contributed by atoms with Gasteiger partial charge in [-0.1, -0.05) is 0 Å². The smallest absolute Gasteiger partial charge is 0.248 e. The van der Waals surface area contributed by atoms with Crippen LogP contribution in [0.1, 0.15) is 54.9 Å². The molecule has 9 nitrogen and oxygen atoms in total. The van der Waals surface area contributed by atoms with Crippen LogP contribution in [0.15, 0.2) is 24.7 Å². The number of nitrogens with zero attached hydrogens (tertiary/aromatic N) is 4. The van der Waals surface area contributed by atoms with E-state index in [2.05, 4.69) is 30.6 Å². The molecule has 0 aromatic carbocycles. The molecule has 3 aromatic rings. The van der Waals surface area contributed by atoms with Crippen LogP contribution in [0.2, 0.25) is 0 Å². The Morgan fingerprint density at radius 2 is 1.86 bits per heavy atom. The zero-order chi connectivity index (χ0) is 25.4.